The highest BCUT2D eigenvalue weighted by Gasteiger charge is 2.14. The Hall–Kier alpha value is -0.460. The number of rotatable bonds is 12. The fraction of sp³-hybridized carbons (Fsp3) is 0.938. The lowest BCUT2D eigenvalue weighted by Gasteiger charge is -2.13. The van der Waals surface area contributed by atoms with E-state index in [0.717, 1.165) is 38.6 Å². The van der Waals surface area contributed by atoms with Gasteiger partial charge in [0.1, 0.15) is 0 Å². The summed E-state index contributed by atoms with van der Waals surface area (Å²) in [5, 5.41) is 7.30. The molecule has 0 aromatic heterocycles. The maximum atomic E-state index is 5.55. The normalized spacial score (nSPS) is 18.6. The Kier molecular flexibility index (Phi) is 12.6. The zero-order chi connectivity index (χ0) is 15.9. The van der Waals surface area contributed by atoms with Crippen LogP contribution in [-0.2, 0) is 9.47 Å². The molecule has 1 unspecified atom stereocenters. The second-order valence-corrected chi connectivity index (χ2v) is 6.77. The summed E-state index contributed by atoms with van der Waals surface area (Å²) in [6.45, 7) is 9.70. The van der Waals surface area contributed by atoms with Crippen molar-refractivity contribution < 1.29 is 9.47 Å². The second-order valence-electron chi connectivity index (χ2n) is 5.36. The Balaban J connectivity index is 2.01. The summed E-state index contributed by atoms with van der Waals surface area (Å²) in [4.78, 5) is 4.66. The maximum absolute atomic E-state index is 5.55. The second kappa shape index (κ2) is 14.2. The highest BCUT2D eigenvalue weighted by Crippen LogP contribution is 2.25. The van der Waals surface area contributed by atoms with Gasteiger partial charge in [0.05, 0.1) is 26.4 Å². The van der Waals surface area contributed by atoms with Crippen molar-refractivity contribution in [2.24, 2.45) is 4.99 Å². The molecule has 1 fully saturated rings. The van der Waals surface area contributed by atoms with E-state index in [-0.39, 0.29) is 0 Å². The van der Waals surface area contributed by atoms with Gasteiger partial charge in [-0.05, 0) is 31.9 Å². The first-order valence-electron chi connectivity index (χ1n) is 8.66. The molecule has 0 bridgehead atoms. The molecule has 1 saturated heterocycles. The molecular formula is C16H33N3O2S. The number of unbranched alkanes of at least 4 members (excludes halogenated alkanes) is 1. The molecule has 6 heteroatoms. The van der Waals surface area contributed by atoms with E-state index in [2.05, 4.69) is 29.5 Å². The average molecular weight is 332 g/mol. The number of nitrogens with one attached hydrogen (secondary N) is 2. The molecule has 1 aliphatic heterocycles. The van der Waals surface area contributed by atoms with Crippen molar-refractivity contribution in [3.8, 4) is 0 Å². The van der Waals surface area contributed by atoms with E-state index in [0.29, 0.717) is 25.1 Å². The lowest BCUT2D eigenvalue weighted by atomic mass is 10.2. The summed E-state index contributed by atoms with van der Waals surface area (Å²) in [5.41, 5.74) is 0. The minimum atomic E-state index is 0.664. The molecule has 0 saturated carbocycles. The monoisotopic (exact) mass is 331 g/mol. The lowest BCUT2D eigenvalue weighted by Crippen LogP contribution is -2.39. The first-order valence-corrected chi connectivity index (χ1v) is 9.71. The molecule has 2 N–H and O–H groups in total. The summed E-state index contributed by atoms with van der Waals surface area (Å²) in [5.74, 6) is 2.19. The first-order chi connectivity index (χ1) is 10.9. The third-order valence-corrected chi connectivity index (χ3v) is 4.75. The van der Waals surface area contributed by atoms with Gasteiger partial charge in [-0.2, -0.15) is 11.8 Å². The number of thioether (sulfide) groups is 1. The Labute approximate surface area is 140 Å². The highest BCUT2D eigenvalue weighted by molar-refractivity contribution is 8.00. The topological polar surface area (TPSA) is 54.9 Å². The number of guanidine groups is 1. The van der Waals surface area contributed by atoms with Crippen molar-refractivity contribution in [2.45, 2.75) is 44.8 Å². The van der Waals surface area contributed by atoms with Crippen LogP contribution in [0.1, 0.15) is 39.5 Å². The van der Waals surface area contributed by atoms with E-state index in [4.69, 9.17) is 9.47 Å². The fourth-order valence-electron chi connectivity index (χ4n) is 2.13. The number of ether oxygens (including phenoxy) is 2. The summed E-state index contributed by atoms with van der Waals surface area (Å²) in [7, 11) is 0. The largest absolute Gasteiger partial charge is 0.379 e. The third kappa shape index (κ3) is 10.3. The van der Waals surface area contributed by atoms with Crippen molar-refractivity contribution in [3.05, 3.63) is 0 Å². The van der Waals surface area contributed by atoms with Crippen LogP contribution in [-0.4, -0.2) is 63.0 Å². The Bertz CT molecular complexity index is 285. The minimum absolute atomic E-state index is 0.664. The van der Waals surface area contributed by atoms with Gasteiger partial charge < -0.3 is 20.1 Å². The smallest absolute Gasteiger partial charge is 0.191 e. The SMILES string of the molecule is CCCCOCCOCCNC(=NCC1CCCS1)NCC. The predicted molar refractivity (Wildman–Crippen MR) is 96.0 cm³/mol. The van der Waals surface area contributed by atoms with E-state index in [1.54, 1.807) is 0 Å². The standard InChI is InChI=1S/C16H33N3O2S/c1-3-5-9-20-11-12-21-10-8-18-16(17-4-2)19-14-15-7-6-13-22-15/h15H,3-14H2,1-2H3,(H2,17,18,19). The van der Waals surface area contributed by atoms with E-state index in [1.807, 2.05) is 11.8 Å². The molecule has 1 atom stereocenters. The number of hydrogen-bond donors (Lipinski definition) is 2. The molecule has 0 aromatic carbocycles. The van der Waals surface area contributed by atoms with E-state index >= 15 is 0 Å². The average Bonchev–Trinajstić information content (AvgIpc) is 3.04. The Morgan fingerprint density at radius 1 is 1.14 bits per heavy atom. The molecule has 0 aromatic rings. The van der Waals surface area contributed by atoms with Gasteiger partial charge in [0.15, 0.2) is 5.96 Å². The van der Waals surface area contributed by atoms with Gasteiger partial charge >= 0.3 is 0 Å². The third-order valence-electron chi connectivity index (χ3n) is 3.37. The van der Waals surface area contributed by atoms with Crippen LogP contribution in [0.5, 0.6) is 0 Å². The summed E-state index contributed by atoms with van der Waals surface area (Å²) >= 11 is 2.04. The molecule has 1 heterocycles. The molecule has 0 aliphatic carbocycles. The van der Waals surface area contributed by atoms with Crippen molar-refractivity contribution in [3.63, 3.8) is 0 Å². The summed E-state index contributed by atoms with van der Waals surface area (Å²) in [6.07, 6.45) is 4.94. The van der Waals surface area contributed by atoms with Gasteiger partial charge in [-0.3, -0.25) is 4.99 Å². The molecule has 0 spiro atoms. The maximum Gasteiger partial charge on any atom is 0.191 e. The molecule has 1 aliphatic rings. The lowest BCUT2D eigenvalue weighted by molar-refractivity contribution is 0.0487. The van der Waals surface area contributed by atoms with Gasteiger partial charge in [0, 0.05) is 24.9 Å². The van der Waals surface area contributed by atoms with Crippen LogP contribution >= 0.6 is 11.8 Å². The van der Waals surface area contributed by atoms with Crippen LogP contribution in [0.2, 0.25) is 0 Å². The van der Waals surface area contributed by atoms with E-state index < -0.39 is 0 Å². The van der Waals surface area contributed by atoms with Gasteiger partial charge in [-0.15, -0.1) is 0 Å². The number of nitrogens with zero attached hydrogens (tertiary/aromatic N) is 1. The van der Waals surface area contributed by atoms with E-state index in [1.165, 1.54) is 25.0 Å². The van der Waals surface area contributed by atoms with Crippen LogP contribution in [0.15, 0.2) is 4.99 Å². The molecule has 5 nitrogen and oxygen atoms in total. The molecule has 0 amide bonds. The Morgan fingerprint density at radius 3 is 2.64 bits per heavy atom. The van der Waals surface area contributed by atoms with Crippen LogP contribution < -0.4 is 10.6 Å². The van der Waals surface area contributed by atoms with Gasteiger partial charge in [-0.1, -0.05) is 13.3 Å². The zero-order valence-electron chi connectivity index (χ0n) is 14.2. The zero-order valence-corrected chi connectivity index (χ0v) is 15.1. The molecule has 1 rings (SSSR count). The van der Waals surface area contributed by atoms with Gasteiger partial charge in [0.25, 0.3) is 0 Å². The van der Waals surface area contributed by atoms with E-state index in [9.17, 15) is 0 Å². The van der Waals surface area contributed by atoms with Crippen LogP contribution in [0.3, 0.4) is 0 Å². The van der Waals surface area contributed by atoms with Crippen molar-refractivity contribution >= 4 is 17.7 Å². The number of aliphatic imine (C=N–C) groups is 1. The summed E-state index contributed by atoms with van der Waals surface area (Å²) in [6, 6.07) is 0. The van der Waals surface area contributed by atoms with Crippen LogP contribution in [0.25, 0.3) is 0 Å². The predicted octanol–water partition coefficient (Wildman–Crippen LogP) is 2.27. The van der Waals surface area contributed by atoms with Crippen LogP contribution in [0, 0.1) is 0 Å². The van der Waals surface area contributed by atoms with Gasteiger partial charge in [-0.25, -0.2) is 0 Å². The first kappa shape index (κ1) is 19.6. The van der Waals surface area contributed by atoms with Crippen molar-refractivity contribution in [1.82, 2.24) is 10.6 Å². The van der Waals surface area contributed by atoms with Crippen LogP contribution in [0.4, 0.5) is 0 Å². The Morgan fingerprint density at radius 2 is 1.95 bits per heavy atom. The molecule has 130 valence electrons. The number of hydrogen-bond acceptors (Lipinski definition) is 4. The van der Waals surface area contributed by atoms with Gasteiger partial charge in [0.2, 0.25) is 0 Å². The summed E-state index contributed by atoms with van der Waals surface area (Å²) < 4.78 is 11.0. The highest BCUT2D eigenvalue weighted by atomic mass is 32.2. The quantitative estimate of drug-likeness (QED) is 0.326. The molecule has 22 heavy (non-hydrogen) atoms. The fourth-order valence-corrected chi connectivity index (χ4v) is 3.31. The van der Waals surface area contributed by atoms with Crippen molar-refractivity contribution in [2.75, 3.05) is 51.8 Å². The molecule has 0 radical (unpaired) electrons. The molecular weight excluding hydrogens is 298 g/mol. The minimum Gasteiger partial charge on any atom is -0.379 e. The van der Waals surface area contributed by atoms with Crippen molar-refractivity contribution in [1.29, 1.82) is 0 Å².